The molecule has 0 aliphatic carbocycles. The number of thiazole rings is 1. The van der Waals surface area contributed by atoms with E-state index in [0.717, 1.165) is 22.3 Å². The number of nitrogens with one attached hydrogen (secondary N) is 2. The first-order valence-electron chi connectivity index (χ1n) is 8.51. The number of ether oxygens (including phenoxy) is 1. The first kappa shape index (κ1) is 17.9. The van der Waals surface area contributed by atoms with E-state index in [1.807, 2.05) is 36.6 Å². The number of carbonyl (C=O) groups excluding carboxylic acids is 2. The average Bonchev–Trinajstić information content (AvgIpc) is 3.35. The van der Waals surface area contributed by atoms with Crippen molar-refractivity contribution in [3.63, 3.8) is 0 Å². The fourth-order valence-electron chi connectivity index (χ4n) is 2.62. The van der Waals surface area contributed by atoms with Crippen molar-refractivity contribution in [3.05, 3.63) is 65.3 Å². The van der Waals surface area contributed by atoms with Crippen molar-refractivity contribution < 1.29 is 14.3 Å². The molecule has 0 atom stereocenters. The number of hydrogen-bond acceptors (Lipinski definition) is 6. The van der Waals surface area contributed by atoms with Gasteiger partial charge in [-0.2, -0.15) is 0 Å². The Morgan fingerprint density at radius 2 is 2.00 bits per heavy atom. The molecule has 0 radical (unpaired) electrons. The van der Waals surface area contributed by atoms with E-state index in [4.69, 9.17) is 4.74 Å². The topological polar surface area (TPSA) is 97.0 Å². The molecule has 0 saturated heterocycles. The Hall–Kier alpha value is -3.52. The van der Waals surface area contributed by atoms with E-state index >= 15 is 0 Å². The molecule has 0 aliphatic rings. The van der Waals surface area contributed by atoms with Crippen LogP contribution in [-0.2, 0) is 9.53 Å². The van der Waals surface area contributed by atoms with E-state index in [1.54, 1.807) is 24.5 Å². The molecule has 0 fully saturated rings. The molecule has 0 unspecified atom stereocenters. The van der Waals surface area contributed by atoms with Crippen LogP contribution in [0.25, 0.3) is 22.3 Å². The van der Waals surface area contributed by atoms with Gasteiger partial charge >= 0.3 is 5.97 Å². The van der Waals surface area contributed by atoms with Crippen LogP contribution in [-0.4, -0.2) is 33.4 Å². The molecular weight excluding hydrogens is 376 g/mol. The summed E-state index contributed by atoms with van der Waals surface area (Å²) in [5, 5.41) is 4.97. The van der Waals surface area contributed by atoms with Crippen LogP contribution in [0.2, 0.25) is 0 Å². The van der Waals surface area contributed by atoms with Gasteiger partial charge in [-0.05, 0) is 25.1 Å². The number of imidazole rings is 1. The summed E-state index contributed by atoms with van der Waals surface area (Å²) >= 11 is 1.32. The molecule has 2 heterocycles. The monoisotopic (exact) mass is 392 g/mol. The van der Waals surface area contributed by atoms with Gasteiger partial charge in [-0.3, -0.25) is 10.1 Å². The summed E-state index contributed by atoms with van der Waals surface area (Å²) in [6.07, 6.45) is 1.55. The molecular formula is C20H16N4O3S. The second-order valence-electron chi connectivity index (χ2n) is 6.16. The predicted molar refractivity (Wildman–Crippen MR) is 107 cm³/mol. The van der Waals surface area contributed by atoms with E-state index in [9.17, 15) is 9.59 Å². The summed E-state index contributed by atoms with van der Waals surface area (Å²) in [7, 11) is 0. The molecule has 2 aromatic carbocycles. The number of H-pyrrole nitrogens is 1. The van der Waals surface area contributed by atoms with Crippen LogP contribution in [0.4, 0.5) is 5.13 Å². The maximum Gasteiger partial charge on any atom is 0.338 e. The van der Waals surface area contributed by atoms with Crippen molar-refractivity contribution in [2.75, 3.05) is 11.9 Å². The highest BCUT2D eigenvalue weighted by atomic mass is 32.1. The molecule has 7 nitrogen and oxygen atoms in total. The number of rotatable bonds is 5. The molecule has 0 aliphatic heterocycles. The quantitative estimate of drug-likeness (QED) is 0.504. The van der Waals surface area contributed by atoms with Crippen molar-refractivity contribution in [2.45, 2.75) is 6.92 Å². The zero-order chi connectivity index (χ0) is 19.5. The Kier molecular flexibility index (Phi) is 4.86. The number of amides is 1. The van der Waals surface area contributed by atoms with Crippen LogP contribution >= 0.6 is 11.3 Å². The smallest absolute Gasteiger partial charge is 0.338 e. The normalized spacial score (nSPS) is 10.8. The lowest BCUT2D eigenvalue weighted by Crippen LogP contribution is -2.20. The second-order valence-corrected chi connectivity index (χ2v) is 7.02. The first-order chi connectivity index (χ1) is 13.6. The Morgan fingerprint density at radius 3 is 2.82 bits per heavy atom. The fraction of sp³-hybridized carbons (Fsp3) is 0.100. The highest BCUT2D eigenvalue weighted by Gasteiger charge is 2.13. The van der Waals surface area contributed by atoms with Gasteiger partial charge in [0.2, 0.25) is 0 Å². The number of anilines is 1. The summed E-state index contributed by atoms with van der Waals surface area (Å²) in [6.45, 7) is 1.63. The maximum absolute atomic E-state index is 12.1. The maximum atomic E-state index is 12.1. The Bertz CT molecular complexity index is 1150. The van der Waals surface area contributed by atoms with Crippen molar-refractivity contribution in [1.82, 2.24) is 15.0 Å². The van der Waals surface area contributed by atoms with Crippen molar-refractivity contribution >= 4 is 39.4 Å². The molecule has 2 N–H and O–H groups in total. The van der Waals surface area contributed by atoms with Gasteiger partial charge < -0.3 is 9.72 Å². The van der Waals surface area contributed by atoms with E-state index in [-0.39, 0.29) is 6.61 Å². The van der Waals surface area contributed by atoms with E-state index in [0.29, 0.717) is 10.7 Å². The highest BCUT2D eigenvalue weighted by Crippen LogP contribution is 2.25. The molecule has 1 amide bonds. The largest absolute Gasteiger partial charge is 0.452 e. The lowest BCUT2D eigenvalue weighted by molar-refractivity contribution is -0.119. The van der Waals surface area contributed by atoms with Gasteiger partial charge in [-0.1, -0.05) is 29.8 Å². The average molecular weight is 392 g/mol. The Morgan fingerprint density at radius 1 is 1.18 bits per heavy atom. The van der Waals surface area contributed by atoms with Gasteiger partial charge in [0.15, 0.2) is 11.7 Å². The lowest BCUT2D eigenvalue weighted by atomic mass is 10.1. The molecule has 0 saturated carbocycles. The third-order valence-corrected chi connectivity index (χ3v) is 4.85. The molecule has 8 heteroatoms. The van der Waals surface area contributed by atoms with Crippen LogP contribution in [0.3, 0.4) is 0 Å². The first-order valence-corrected chi connectivity index (χ1v) is 9.39. The summed E-state index contributed by atoms with van der Waals surface area (Å²) in [4.78, 5) is 35.6. The number of nitrogens with zero attached hydrogens (tertiary/aromatic N) is 2. The van der Waals surface area contributed by atoms with Crippen LogP contribution in [0.15, 0.2) is 54.2 Å². The van der Waals surface area contributed by atoms with Gasteiger partial charge in [-0.15, -0.1) is 11.3 Å². The summed E-state index contributed by atoms with van der Waals surface area (Å²) in [6, 6.07) is 12.9. The molecule has 28 heavy (non-hydrogen) atoms. The molecule has 0 bridgehead atoms. The molecule has 140 valence electrons. The Labute approximate surface area is 164 Å². The number of hydrogen-bond donors (Lipinski definition) is 2. The van der Waals surface area contributed by atoms with Gasteiger partial charge in [0.25, 0.3) is 5.91 Å². The van der Waals surface area contributed by atoms with Crippen LogP contribution < -0.4 is 5.32 Å². The number of benzene rings is 2. The number of aromatic nitrogens is 3. The number of fused-ring (bicyclic) bond motifs is 1. The van der Waals surface area contributed by atoms with Crippen LogP contribution in [0.5, 0.6) is 0 Å². The highest BCUT2D eigenvalue weighted by molar-refractivity contribution is 7.14. The molecule has 4 rings (SSSR count). The minimum atomic E-state index is -0.578. The van der Waals surface area contributed by atoms with E-state index in [1.165, 1.54) is 16.9 Å². The second kappa shape index (κ2) is 7.61. The van der Waals surface area contributed by atoms with Crippen LogP contribution in [0.1, 0.15) is 15.9 Å². The minimum absolute atomic E-state index is 0.348. The molecule has 0 spiro atoms. The standard InChI is InChI=1S/C20H16N4O3S/c1-12-2-4-13(5-3-12)17-10-28-20(23-17)24-18(25)9-27-19(26)14-6-7-15-16(8-14)22-11-21-15/h2-8,10-11H,9H2,1H3,(H,21,22)(H,23,24,25). The van der Waals surface area contributed by atoms with Gasteiger partial charge in [0, 0.05) is 10.9 Å². The van der Waals surface area contributed by atoms with E-state index < -0.39 is 11.9 Å². The van der Waals surface area contributed by atoms with Gasteiger partial charge in [0.05, 0.1) is 28.6 Å². The molecule has 4 aromatic rings. The SMILES string of the molecule is Cc1ccc(-c2csc(NC(=O)COC(=O)c3ccc4nc[nH]c4c3)n2)cc1. The van der Waals surface area contributed by atoms with E-state index in [2.05, 4.69) is 20.3 Å². The van der Waals surface area contributed by atoms with Crippen molar-refractivity contribution in [1.29, 1.82) is 0 Å². The number of esters is 1. The van der Waals surface area contributed by atoms with Crippen molar-refractivity contribution in [3.8, 4) is 11.3 Å². The van der Waals surface area contributed by atoms with Crippen molar-refractivity contribution in [2.24, 2.45) is 0 Å². The zero-order valence-electron chi connectivity index (χ0n) is 14.9. The predicted octanol–water partition coefficient (Wildman–Crippen LogP) is 3.79. The van der Waals surface area contributed by atoms with Gasteiger partial charge in [0.1, 0.15) is 0 Å². The summed E-state index contributed by atoms with van der Waals surface area (Å²) in [5.41, 5.74) is 4.75. The summed E-state index contributed by atoms with van der Waals surface area (Å²) < 4.78 is 5.08. The number of aromatic amines is 1. The number of carbonyl (C=O) groups is 2. The lowest BCUT2D eigenvalue weighted by Gasteiger charge is -2.05. The van der Waals surface area contributed by atoms with Crippen LogP contribution in [0, 0.1) is 6.92 Å². The third kappa shape index (κ3) is 3.91. The van der Waals surface area contributed by atoms with Gasteiger partial charge in [-0.25, -0.2) is 14.8 Å². The summed E-state index contributed by atoms with van der Waals surface area (Å²) in [5.74, 6) is -1.02. The molecule has 2 aromatic heterocycles. The zero-order valence-corrected chi connectivity index (χ0v) is 15.7. The Balaban J connectivity index is 1.34. The minimum Gasteiger partial charge on any atom is -0.452 e. The third-order valence-electron chi connectivity index (χ3n) is 4.09. The number of aryl methyl sites for hydroxylation is 1. The fourth-order valence-corrected chi connectivity index (χ4v) is 3.36.